The van der Waals surface area contributed by atoms with Crippen LogP contribution < -0.4 is 20.9 Å². The van der Waals surface area contributed by atoms with Crippen LogP contribution in [-0.2, 0) is 11.8 Å². The largest absolute Gasteiger partial charge is 0.444 e. The van der Waals surface area contributed by atoms with Gasteiger partial charge >= 0.3 is 6.09 Å². The summed E-state index contributed by atoms with van der Waals surface area (Å²) < 4.78 is 36.1. The van der Waals surface area contributed by atoms with Crippen molar-refractivity contribution in [3.63, 3.8) is 0 Å². The number of anilines is 3. The van der Waals surface area contributed by atoms with Gasteiger partial charge in [0.15, 0.2) is 11.5 Å². The highest BCUT2D eigenvalue weighted by Gasteiger charge is 2.28. The molecule has 0 unspecified atom stereocenters. The molecule has 1 aromatic carbocycles. The Bertz CT molecular complexity index is 1370. The van der Waals surface area contributed by atoms with Crippen molar-refractivity contribution in [1.29, 1.82) is 0 Å². The molecule has 11 nitrogen and oxygen atoms in total. The van der Waals surface area contributed by atoms with Crippen LogP contribution in [0.15, 0.2) is 24.4 Å². The summed E-state index contributed by atoms with van der Waals surface area (Å²) in [4.78, 5) is 32.5. The van der Waals surface area contributed by atoms with Crippen molar-refractivity contribution >= 4 is 39.8 Å². The molecule has 0 spiro atoms. The van der Waals surface area contributed by atoms with Crippen molar-refractivity contribution in [3.05, 3.63) is 41.7 Å². The molecule has 1 aliphatic heterocycles. The van der Waals surface area contributed by atoms with E-state index in [-0.39, 0.29) is 28.4 Å². The van der Waals surface area contributed by atoms with E-state index in [0.717, 1.165) is 49.3 Å². The number of benzene rings is 1. The molecule has 2 aromatic heterocycles. The van der Waals surface area contributed by atoms with E-state index < -0.39 is 34.8 Å². The van der Waals surface area contributed by atoms with Crippen LogP contribution in [-0.4, -0.2) is 69.8 Å². The van der Waals surface area contributed by atoms with Crippen LogP contribution >= 0.6 is 11.3 Å². The first kappa shape index (κ1) is 30.3. The molecular formula is C27H35F2N7O4S. The minimum absolute atomic E-state index is 0.0209. The lowest BCUT2D eigenvalue weighted by Gasteiger charge is -2.24. The van der Waals surface area contributed by atoms with Gasteiger partial charge in [0, 0.05) is 32.7 Å². The summed E-state index contributed by atoms with van der Waals surface area (Å²) in [6.45, 7) is 7.09. The van der Waals surface area contributed by atoms with Crippen molar-refractivity contribution in [3.8, 4) is 10.6 Å². The fraction of sp³-hybridized carbons (Fsp3) is 0.481. The first-order chi connectivity index (χ1) is 19.5. The molecule has 2 amide bonds. The maximum absolute atomic E-state index is 14.6. The SMILES string of the molecule is Cn1ncc(NC(=O)c2nc(-c3c(F)cccc3F)sc2NC(=O)OC(C)(C)C)c1N1CCC[C@@H](NCCO)CC1. The van der Waals surface area contributed by atoms with E-state index in [2.05, 4.69) is 30.9 Å². The number of nitrogens with one attached hydrogen (secondary N) is 3. The zero-order valence-corrected chi connectivity index (χ0v) is 24.3. The monoisotopic (exact) mass is 591 g/mol. The maximum atomic E-state index is 14.6. The Labute approximate surface area is 240 Å². The third kappa shape index (κ3) is 7.57. The number of thiazole rings is 1. The second-order valence-corrected chi connectivity index (χ2v) is 11.7. The number of hydrogen-bond donors (Lipinski definition) is 4. The van der Waals surface area contributed by atoms with Crippen LogP contribution in [0.1, 0.15) is 50.5 Å². The van der Waals surface area contributed by atoms with Crippen molar-refractivity contribution in [1.82, 2.24) is 20.1 Å². The second kappa shape index (κ2) is 12.9. The molecule has 4 rings (SSSR count). The highest BCUT2D eigenvalue weighted by molar-refractivity contribution is 7.19. The molecule has 0 radical (unpaired) electrons. The Morgan fingerprint density at radius 1 is 1.17 bits per heavy atom. The predicted octanol–water partition coefficient (Wildman–Crippen LogP) is 4.36. The van der Waals surface area contributed by atoms with Crippen molar-refractivity contribution in [2.24, 2.45) is 7.05 Å². The van der Waals surface area contributed by atoms with Crippen LogP contribution in [0.4, 0.5) is 30.1 Å². The summed E-state index contributed by atoms with van der Waals surface area (Å²) in [5.74, 6) is -1.70. The molecule has 41 heavy (non-hydrogen) atoms. The van der Waals surface area contributed by atoms with E-state index in [1.54, 1.807) is 32.5 Å². The number of aliphatic hydroxyl groups is 1. The maximum Gasteiger partial charge on any atom is 0.412 e. The average molecular weight is 592 g/mol. The standard InChI is InChI=1S/C27H35F2N7O4S/c1-27(2,3)40-26(39)34-24-21(33-23(41-24)20-17(28)8-5-9-18(20)29)22(38)32-19-15-31-35(4)25(19)36-12-6-7-16(10-13-36)30-11-14-37/h5,8-9,15-16,30,37H,6-7,10-14H2,1-4H3,(H,32,38)(H,34,39)/t16-/m1/s1. The summed E-state index contributed by atoms with van der Waals surface area (Å²) in [6.07, 6.45) is 3.36. The first-order valence-corrected chi connectivity index (χ1v) is 14.2. The van der Waals surface area contributed by atoms with Crippen LogP contribution in [0.3, 0.4) is 0 Å². The van der Waals surface area contributed by atoms with Gasteiger partial charge in [0.05, 0.1) is 18.4 Å². The molecule has 1 aliphatic rings. The van der Waals surface area contributed by atoms with Gasteiger partial charge in [-0.25, -0.2) is 18.6 Å². The van der Waals surface area contributed by atoms with Crippen LogP contribution in [0.5, 0.6) is 0 Å². The number of rotatable bonds is 8. The number of aromatic nitrogens is 3. The lowest BCUT2D eigenvalue weighted by Crippen LogP contribution is -2.33. The number of ether oxygens (including phenoxy) is 1. The Hall–Kier alpha value is -3.62. The third-order valence-corrected chi connectivity index (χ3v) is 7.35. The zero-order chi connectivity index (χ0) is 29.7. The fourth-order valence-electron chi connectivity index (χ4n) is 4.62. The van der Waals surface area contributed by atoms with E-state index in [1.807, 2.05) is 0 Å². The molecule has 4 N–H and O–H groups in total. The molecule has 0 saturated carbocycles. The smallest absolute Gasteiger partial charge is 0.412 e. The molecule has 0 aliphatic carbocycles. The average Bonchev–Trinajstić information content (AvgIpc) is 3.36. The summed E-state index contributed by atoms with van der Waals surface area (Å²) in [5, 5.41) is 22.0. The predicted molar refractivity (Wildman–Crippen MR) is 153 cm³/mol. The number of amides is 2. The van der Waals surface area contributed by atoms with Gasteiger partial charge in [-0.2, -0.15) is 5.10 Å². The summed E-state index contributed by atoms with van der Waals surface area (Å²) in [5.41, 5.74) is -1.02. The molecular weight excluding hydrogens is 556 g/mol. The number of hydrogen-bond acceptors (Lipinski definition) is 9. The van der Waals surface area contributed by atoms with Gasteiger partial charge in [0.2, 0.25) is 0 Å². The molecule has 1 atom stereocenters. The number of carbonyl (C=O) groups excluding carboxylic acids is 2. The highest BCUT2D eigenvalue weighted by atomic mass is 32.1. The Morgan fingerprint density at radius 3 is 2.59 bits per heavy atom. The lowest BCUT2D eigenvalue weighted by molar-refractivity contribution is 0.0636. The number of aryl methyl sites for hydroxylation is 1. The zero-order valence-electron chi connectivity index (χ0n) is 23.5. The summed E-state index contributed by atoms with van der Waals surface area (Å²) in [7, 11) is 1.77. The Kier molecular flexibility index (Phi) is 9.56. The Balaban J connectivity index is 1.62. The molecule has 222 valence electrons. The van der Waals surface area contributed by atoms with Gasteiger partial charge in [0.1, 0.15) is 32.9 Å². The fourth-order valence-corrected chi connectivity index (χ4v) is 5.62. The highest BCUT2D eigenvalue weighted by Crippen LogP contribution is 2.36. The quantitative estimate of drug-likeness (QED) is 0.304. The van der Waals surface area contributed by atoms with Crippen molar-refractivity contribution < 1.29 is 28.2 Å². The minimum Gasteiger partial charge on any atom is -0.444 e. The molecule has 1 fully saturated rings. The van der Waals surface area contributed by atoms with E-state index in [1.165, 1.54) is 12.3 Å². The van der Waals surface area contributed by atoms with E-state index >= 15 is 0 Å². The van der Waals surface area contributed by atoms with E-state index in [4.69, 9.17) is 9.84 Å². The lowest BCUT2D eigenvalue weighted by atomic mass is 10.1. The van der Waals surface area contributed by atoms with E-state index in [9.17, 15) is 18.4 Å². The van der Waals surface area contributed by atoms with Crippen LogP contribution in [0.25, 0.3) is 10.6 Å². The number of aliphatic hydroxyl groups excluding tert-OH is 1. The topological polar surface area (TPSA) is 134 Å². The first-order valence-electron chi connectivity index (χ1n) is 13.3. The second-order valence-electron chi connectivity index (χ2n) is 10.7. The van der Waals surface area contributed by atoms with Gasteiger partial charge < -0.3 is 25.4 Å². The van der Waals surface area contributed by atoms with Crippen LogP contribution in [0, 0.1) is 11.6 Å². The molecule has 1 saturated heterocycles. The van der Waals surface area contributed by atoms with Gasteiger partial charge in [-0.1, -0.05) is 17.4 Å². The Morgan fingerprint density at radius 2 is 1.90 bits per heavy atom. The van der Waals surface area contributed by atoms with E-state index in [0.29, 0.717) is 24.6 Å². The molecule has 14 heteroatoms. The van der Waals surface area contributed by atoms with Gasteiger partial charge in [0.25, 0.3) is 5.91 Å². The number of carbonyl (C=O) groups is 2. The number of nitrogens with zero attached hydrogens (tertiary/aromatic N) is 4. The molecule has 3 heterocycles. The summed E-state index contributed by atoms with van der Waals surface area (Å²) >= 11 is 0.761. The molecule has 3 aromatic rings. The van der Waals surface area contributed by atoms with Crippen molar-refractivity contribution in [2.75, 3.05) is 41.8 Å². The van der Waals surface area contributed by atoms with Crippen LogP contribution in [0.2, 0.25) is 0 Å². The van der Waals surface area contributed by atoms with Gasteiger partial charge in [-0.05, 0) is 52.2 Å². The minimum atomic E-state index is -0.850. The normalized spacial score (nSPS) is 15.9. The third-order valence-electron chi connectivity index (χ3n) is 6.36. The summed E-state index contributed by atoms with van der Waals surface area (Å²) in [6, 6.07) is 3.68. The van der Waals surface area contributed by atoms with Gasteiger partial charge in [-0.15, -0.1) is 0 Å². The van der Waals surface area contributed by atoms with Crippen molar-refractivity contribution in [2.45, 2.75) is 51.7 Å². The number of halogens is 2. The van der Waals surface area contributed by atoms with Gasteiger partial charge in [-0.3, -0.25) is 14.8 Å². The molecule has 0 bridgehead atoms.